The number of benzene rings is 1. The normalized spacial score (nSPS) is 10.9. The summed E-state index contributed by atoms with van der Waals surface area (Å²) in [6.07, 6.45) is 1.13. The van der Waals surface area contributed by atoms with E-state index in [9.17, 15) is 9.59 Å². The molecule has 0 aromatic heterocycles. The Morgan fingerprint density at radius 3 is 2.53 bits per heavy atom. The number of nitrogens with one attached hydrogen (secondary N) is 1. The van der Waals surface area contributed by atoms with Crippen LogP contribution in [0.3, 0.4) is 0 Å². The first kappa shape index (κ1) is 15.2. The van der Waals surface area contributed by atoms with Gasteiger partial charge in [0.25, 0.3) is 0 Å². The van der Waals surface area contributed by atoms with Gasteiger partial charge in [-0.1, -0.05) is 30.3 Å². The minimum atomic E-state index is -0.539. The average molecular weight is 263 g/mol. The number of rotatable bonds is 6. The summed E-state index contributed by atoms with van der Waals surface area (Å²) in [5.74, 6) is 0. The summed E-state index contributed by atoms with van der Waals surface area (Å²) in [4.78, 5) is 24.0. The van der Waals surface area contributed by atoms with Gasteiger partial charge >= 0.3 is 6.03 Å². The topological polar surface area (TPSA) is 75.4 Å². The van der Waals surface area contributed by atoms with E-state index >= 15 is 0 Å². The molecule has 1 rings (SSSR count). The molecule has 0 heterocycles. The molecule has 0 saturated heterocycles. The van der Waals surface area contributed by atoms with Crippen LogP contribution in [-0.4, -0.2) is 30.4 Å². The summed E-state index contributed by atoms with van der Waals surface area (Å²) < 4.78 is 0. The number of amides is 3. The van der Waals surface area contributed by atoms with Crippen LogP contribution < -0.4 is 11.1 Å². The SMILES string of the molecule is CC(C)(NC(=O)N(C=O)CCCN)c1ccccc1. The van der Waals surface area contributed by atoms with Crippen molar-refractivity contribution >= 4 is 12.4 Å². The minimum Gasteiger partial charge on any atom is -0.330 e. The zero-order valence-electron chi connectivity index (χ0n) is 11.4. The average Bonchev–Trinajstić information content (AvgIpc) is 2.40. The molecular weight excluding hydrogens is 242 g/mol. The molecule has 3 N–H and O–H groups in total. The predicted octanol–water partition coefficient (Wildman–Crippen LogP) is 1.44. The number of carbonyl (C=O) groups is 2. The molecule has 0 aliphatic rings. The van der Waals surface area contributed by atoms with Crippen LogP contribution in [0.1, 0.15) is 25.8 Å². The Kier molecular flexibility index (Phi) is 5.51. The maximum Gasteiger partial charge on any atom is 0.324 e. The molecule has 104 valence electrons. The Bertz CT molecular complexity index is 418. The summed E-state index contributed by atoms with van der Waals surface area (Å²) in [5.41, 5.74) is 5.82. The fourth-order valence-corrected chi connectivity index (χ4v) is 1.73. The van der Waals surface area contributed by atoms with Gasteiger partial charge in [-0.05, 0) is 32.4 Å². The molecule has 1 aromatic carbocycles. The highest BCUT2D eigenvalue weighted by atomic mass is 16.2. The fourth-order valence-electron chi connectivity index (χ4n) is 1.73. The first-order chi connectivity index (χ1) is 9.01. The van der Waals surface area contributed by atoms with Gasteiger partial charge in [0.15, 0.2) is 0 Å². The Labute approximate surface area is 113 Å². The quantitative estimate of drug-likeness (QED) is 0.762. The molecule has 0 fully saturated rings. The van der Waals surface area contributed by atoms with Gasteiger partial charge in [-0.2, -0.15) is 0 Å². The van der Waals surface area contributed by atoms with E-state index in [0.29, 0.717) is 25.9 Å². The van der Waals surface area contributed by atoms with Gasteiger partial charge in [0, 0.05) is 6.54 Å². The summed E-state index contributed by atoms with van der Waals surface area (Å²) in [6.45, 7) is 4.56. The van der Waals surface area contributed by atoms with Crippen molar-refractivity contribution in [3.8, 4) is 0 Å². The van der Waals surface area contributed by atoms with E-state index < -0.39 is 11.6 Å². The maximum atomic E-state index is 12.0. The van der Waals surface area contributed by atoms with Crippen LogP contribution in [0.2, 0.25) is 0 Å². The summed E-state index contributed by atoms with van der Waals surface area (Å²) in [6, 6.07) is 9.21. The molecule has 0 atom stereocenters. The molecule has 0 bridgehead atoms. The standard InChI is InChI=1S/C14H21N3O2/c1-14(2,12-7-4-3-5-8-12)16-13(19)17(11-18)10-6-9-15/h3-5,7-8,11H,6,9-10,15H2,1-2H3,(H,16,19). The van der Waals surface area contributed by atoms with Crippen LogP contribution in [0.25, 0.3) is 0 Å². The van der Waals surface area contributed by atoms with Gasteiger partial charge in [0.2, 0.25) is 6.41 Å². The van der Waals surface area contributed by atoms with Gasteiger partial charge in [-0.3, -0.25) is 9.69 Å². The third-order valence-electron chi connectivity index (χ3n) is 2.91. The third kappa shape index (κ3) is 4.37. The van der Waals surface area contributed by atoms with Crippen molar-refractivity contribution in [2.45, 2.75) is 25.8 Å². The van der Waals surface area contributed by atoms with Gasteiger partial charge in [-0.25, -0.2) is 4.79 Å². The second-order valence-electron chi connectivity index (χ2n) is 4.86. The Balaban J connectivity index is 2.71. The van der Waals surface area contributed by atoms with Crippen molar-refractivity contribution in [1.29, 1.82) is 0 Å². The summed E-state index contributed by atoms with van der Waals surface area (Å²) in [5, 5.41) is 2.85. The monoisotopic (exact) mass is 263 g/mol. The number of nitrogens with zero attached hydrogens (tertiary/aromatic N) is 1. The van der Waals surface area contributed by atoms with Crippen molar-refractivity contribution in [3.05, 3.63) is 35.9 Å². The lowest BCUT2D eigenvalue weighted by molar-refractivity contribution is -0.115. The third-order valence-corrected chi connectivity index (χ3v) is 2.91. The van der Waals surface area contributed by atoms with Gasteiger partial charge in [-0.15, -0.1) is 0 Å². The summed E-state index contributed by atoms with van der Waals surface area (Å²) >= 11 is 0. The second-order valence-corrected chi connectivity index (χ2v) is 4.86. The number of hydrogen-bond acceptors (Lipinski definition) is 3. The Morgan fingerprint density at radius 1 is 1.37 bits per heavy atom. The number of hydrogen-bond donors (Lipinski definition) is 2. The fraction of sp³-hybridized carbons (Fsp3) is 0.429. The van der Waals surface area contributed by atoms with E-state index in [4.69, 9.17) is 5.73 Å². The van der Waals surface area contributed by atoms with Crippen molar-refractivity contribution < 1.29 is 9.59 Å². The molecule has 1 aromatic rings. The maximum absolute atomic E-state index is 12.0. The molecule has 0 aliphatic carbocycles. The molecule has 0 spiro atoms. The van der Waals surface area contributed by atoms with E-state index in [-0.39, 0.29) is 0 Å². The zero-order chi connectivity index (χ0) is 14.3. The van der Waals surface area contributed by atoms with Crippen LogP contribution in [-0.2, 0) is 10.3 Å². The van der Waals surface area contributed by atoms with Gasteiger partial charge in [0.1, 0.15) is 0 Å². The van der Waals surface area contributed by atoms with Crippen molar-refractivity contribution in [2.24, 2.45) is 5.73 Å². The van der Waals surface area contributed by atoms with Crippen LogP contribution in [0.4, 0.5) is 4.79 Å². The van der Waals surface area contributed by atoms with Crippen LogP contribution in [0, 0.1) is 0 Å². The van der Waals surface area contributed by atoms with Gasteiger partial charge in [0.05, 0.1) is 5.54 Å². The van der Waals surface area contributed by atoms with Crippen LogP contribution in [0.15, 0.2) is 30.3 Å². The van der Waals surface area contributed by atoms with E-state index in [0.717, 1.165) is 10.5 Å². The van der Waals surface area contributed by atoms with Gasteiger partial charge < -0.3 is 11.1 Å². The highest BCUT2D eigenvalue weighted by Crippen LogP contribution is 2.19. The number of imide groups is 1. The zero-order valence-corrected chi connectivity index (χ0v) is 11.4. The molecule has 3 amide bonds. The molecule has 5 nitrogen and oxygen atoms in total. The molecule has 0 saturated carbocycles. The van der Waals surface area contributed by atoms with E-state index in [1.54, 1.807) is 0 Å². The molecule has 19 heavy (non-hydrogen) atoms. The lowest BCUT2D eigenvalue weighted by Crippen LogP contribution is -2.48. The van der Waals surface area contributed by atoms with Crippen molar-refractivity contribution in [2.75, 3.05) is 13.1 Å². The molecule has 0 unspecified atom stereocenters. The van der Waals surface area contributed by atoms with E-state index in [1.807, 2.05) is 44.2 Å². The highest BCUT2D eigenvalue weighted by molar-refractivity contribution is 5.85. The number of carbonyl (C=O) groups excluding carboxylic acids is 2. The number of nitrogens with two attached hydrogens (primary N) is 1. The second kappa shape index (κ2) is 6.89. The highest BCUT2D eigenvalue weighted by Gasteiger charge is 2.25. The number of urea groups is 1. The minimum absolute atomic E-state index is 0.330. The molecule has 0 aliphatic heterocycles. The lowest BCUT2D eigenvalue weighted by Gasteiger charge is -2.29. The molecule has 5 heteroatoms. The Morgan fingerprint density at radius 2 is 2.00 bits per heavy atom. The largest absolute Gasteiger partial charge is 0.330 e. The van der Waals surface area contributed by atoms with Crippen LogP contribution in [0.5, 0.6) is 0 Å². The van der Waals surface area contributed by atoms with Crippen LogP contribution >= 0.6 is 0 Å². The summed E-state index contributed by atoms with van der Waals surface area (Å²) in [7, 11) is 0. The van der Waals surface area contributed by atoms with E-state index in [2.05, 4.69) is 5.32 Å². The predicted molar refractivity (Wildman–Crippen MR) is 74.4 cm³/mol. The lowest BCUT2D eigenvalue weighted by atomic mass is 9.94. The Hall–Kier alpha value is -1.88. The van der Waals surface area contributed by atoms with Crippen molar-refractivity contribution in [3.63, 3.8) is 0 Å². The smallest absolute Gasteiger partial charge is 0.324 e. The first-order valence-corrected chi connectivity index (χ1v) is 6.31. The van der Waals surface area contributed by atoms with Crippen molar-refractivity contribution in [1.82, 2.24) is 10.2 Å². The first-order valence-electron chi connectivity index (χ1n) is 6.31. The molecular formula is C14H21N3O2. The molecule has 0 radical (unpaired) electrons. The van der Waals surface area contributed by atoms with E-state index in [1.165, 1.54) is 0 Å².